The van der Waals surface area contributed by atoms with Crippen LogP contribution in [-0.2, 0) is 4.79 Å². The number of aromatic nitrogens is 3. The lowest BCUT2D eigenvalue weighted by Gasteiger charge is -2.02. The molecular weight excluding hydrogens is 230 g/mol. The number of carbonyl (C=O) groups excluding carboxylic acids is 1. The predicted molar refractivity (Wildman–Crippen MR) is 69.5 cm³/mol. The highest BCUT2D eigenvalue weighted by Gasteiger charge is 2.06. The highest BCUT2D eigenvalue weighted by atomic mass is 16.1. The summed E-state index contributed by atoms with van der Waals surface area (Å²) in [6.45, 7) is 4.87. The van der Waals surface area contributed by atoms with E-state index in [-0.39, 0.29) is 12.5 Å². The molecule has 96 valence electrons. The molecule has 0 bridgehead atoms. The summed E-state index contributed by atoms with van der Waals surface area (Å²) in [7, 11) is 0. The second kappa shape index (κ2) is 5.48. The SMILES string of the molecule is CCCNC(=O)CNc1nc2c(C)cccn2n1. The highest BCUT2D eigenvalue weighted by molar-refractivity contribution is 5.80. The fraction of sp³-hybridized carbons (Fsp3) is 0.417. The first kappa shape index (κ1) is 12.3. The normalized spacial score (nSPS) is 10.6. The molecule has 1 amide bonds. The Balaban J connectivity index is 2.00. The molecule has 6 heteroatoms. The molecule has 0 fully saturated rings. The van der Waals surface area contributed by atoms with Crippen LogP contribution in [0.25, 0.3) is 5.65 Å². The van der Waals surface area contributed by atoms with Gasteiger partial charge in [0.05, 0.1) is 6.54 Å². The van der Waals surface area contributed by atoms with Crippen LogP contribution < -0.4 is 10.6 Å². The Bertz CT molecular complexity index is 548. The summed E-state index contributed by atoms with van der Waals surface area (Å²) in [5.74, 6) is 0.420. The van der Waals surface area contributed by atoms with Crippen LogP contribution in [0.2, 0.25) is 0 Å². The van der Waals surface area contributed by atoms with Crippen LogP contribution in [-0.4, -0.2) is 33.6 Å². The Kier molecular flexibility index (Phi) is 3.76. The molecule has 0 radical (unpaired) electrons. The molecule has 0 saturated heterocycles. The smallest absolute Gasteiger partial charge is 0.243 e. The van der Waals surface area contributed by atoms with E-state index in [0.29, 0.717) is 12.5 Å². The van der Waals surface area contributed by atoms with E-state index >= 15 is 0 Å². The van der Waals surface area contributed by atoms with E-state index in [1.54, 1.807) is 4.52 Å². The number of amides is 1. The fourth-order valence-corrected chi connectivity index (χ4v) is 1.60. The van der Waals surface area contributed by atoms with E-state index in [1.807, 2.05) is 32.2 Å². The minimum Gasteiger partial charge on any atom is -0.355 e. The first-order valence-electron chi connectivity index (χ1n) is 6.03. The maximum absolute atomic E-state index is 11.4. The van der Waals surface area contributed by atoms with Crippen LogP contribution in [0.1, 0.15) is 18.9 Å². The van der Waals surface area contributed by atoms with Crippen molar-refractivity contribution in [3.8, 4) is 0 Å². The van der Waals surface area contributed by atoms with Crippen molar-refractivity contribution in [2.45, 2.75) is 20.3 Å². The summed E-state index contributed by atoms with van der Waals surface area (Å²) < 4.78 is 1.70. The Morgan fingerprint density at radius 3 is 3.06 bits per heavy atom. The standard InChI is InChI=1S/C12H17N5O/c1-3-6-13-10(18)8-14-12-15-11-9(2)5-4-7-17(11)16-12/h4-5,7H,3,6,8H2,1-2H3,(H,13,18)(H,14,16). The first-order valence-corrected chi connectivity index (χ1v) is 6.03. The van der Waals surface area contributed by atoms with Gasteiger partial charge in [-0.1, -0.05) is 13.0 Å². The average Bonchev–Trinajstić information content (AvgIpc) is 2.78. The third-order valence-corrected chi connectivity index (χ3v) is 2.54. The van der Waals surface area contributed by atoms with Gasteiger partial charge in [-0.15, -0.1) is 5.10 Å². The number of rotatable bonds is 5. The van der Waals surface area contributed by atoms with Crippen molar-refractivity contribution in [2.75, 3.05) is 18.4 Å². The molecule has 2 aromatic rings. The summed E-state index contributed by atoms with van der Waals surface area (Å²) >= 11 is 0. The van der Waals surface area contributed by atoms with Gasteiger partial charge in [-0.2, -0.15) is 4.98 Å². The zero-order chi connectivity index (χ0) is 13.0. The molecule has 0 unspecified atom stereocenters. The van der Waals surface area contributed by atoms with Crippen LogP contribution in [0, 0.1) is 6.92 Å². The molecular formula is C12H17N5O. The lowest BCUT2D eigenvalue weighted by atomic mass is 10.3. The summed E-state index contributed by atoms with van der Waals surface area (Å²) in [6.07, 6.45) is 2.76. The topological polar surface area (TPSA) is 71.3 Å². The minimum absolute atomic E-state index is 0.0487. The van der Waals surface area contributed by atoms with Crippen molar-refractivity contribution in [3.63, 3.8) is 0 Å². The van der Waals surface area contributed by atoms with Crippen LogP contribution >= 0.6 is 0 Å². The van der Waals surface area contributed by atoms with Crippen molar-refractivity contribution < 1.29 is 4.79 Å². The van der Waals surface area contributed by atoms with Gasteiger partial charge in [-0.05, 0) is 25.0 Å². The molecule has 0 aliphatic carbocycles. The molecule has 2 aromatic heterocycles. The van der Waals surface area contributed by atoms with Crippen molar-refractivity contribution >= 4 is 17.5 Å². The van der Waals surface area contributed by atoms with Crippen LogP contribution in [0.5, 0.6) is 0 Å². The molecule has 6 nitrogen and oxygen atoms in total. The number of nitrogens with zero attached hydrogens (tertiary/aromatic N) is 3. The van der Waals surface area contributed by atoms with Gasteiger partial charge in [0.15, 0.2) is 5.65 Å². The molecule has 2 heterocycles. The summed E-state index contributed by atoms with van der Waals surface area (Å²) in [5.41, 5.74) is 1.85. The quantitative estimate of drug-likeness (QED) is 0.826. The maximum Gasteiger partial charge on any atom is 0.243 e. The third kappa shape index (κ3) is 2.77. The van der Waals surface area contributed by atoms with E-state index < -0.39 is 0 Å². The number of hydrogen-bond donors (Lipinski definition) is 2. The number of carbonyl (C=O) groups is 1. The van der Waals surface area contributed by atoms with Gasteiger partial charge >= 0.3 is 0 Å². The van der Waals surface area contributed by atoms with Gasteiger partial charge in [0.2, 0.25) is 11.9 Å². The van der Waals surface area contributed by atoms with Crippen LogP contribution in [0.15, 0.2) is 18.3 Å². The Morgan fingerprint density at radius 2 is 2.33 bits per heavy atom. The molecule has 18 heavy (non-hydrogen) atoms. The average molecular weight is 247 g/mol. The number of anilines is 1. The van der Waals surface area contributed by atoms with Gasteiger partial charge in [0, 0.05) is 12.7 Å². The number of hydrogen-bond acceptors (Lipinski definition) is 4. The van der Waals surface area contributed by atoms with Gasteiger partial charge < -0.3 is 10.6 Å². The van der Waals surface area contributed by atoms with E-state index in [0.717, 1.165) is 17.6 Å². The molecule has 0 spiro atoms. The van der Waals surface area contributed by atoms with Gasteiger partial charge in [-0.25, -0.2) is 4.52 Å². The van der Waals surface area contributed by atoms with Crippen molar-refractivity contribution in [2.24, 2.45) is 0 Å². The lowest BCUT2D eigenvalue weighted by Crippen LogP contribution is -2.30. The molecule has 2 rings (SSSR count). The monoisotopic (exact) mass is 247 g/mol. The van der Waals surface area contributed by atoms with Crippen LogP contribution in [0.4, 0.5) is 5.95 Å². The molecule has 0 aliphatic heterocycles. The zero-order valence-electron chi connectivity index (χ0n) is 10.6. The Labute approximate surface area is 105 Å². The maximum atomic E-state index is 11.4. The molecule has 0 atom stereocenters. The number of nitrogens with one attached hydrogen (secondary N) is 2. The second-order valence-electron chi connectivity index (χ2n) is 4.10. The van der Waals surface area contributed by atoms with Gasteiger partial charge in [0.25, 0.3) is 0 Å². The number of aryl methyl sites for hydroxylation is 1. The number of fused-ring (bicyclic) bond motifs is 1. The van der Waals surface area contributed by atoms with E-state index in [1.165, 1.54) is 0 Å². The van der Waals surface area contributed by atoms with Gasteiger partial charge in [-0.3, -0.25) is 4.79 Å². The highest BCUT2D eigenvalue weighted by Crippen LogP contribution is 2.09. The van der Waals surface area contributed by atoms with E-state index in [4.69, 9.17) is 0 Å². The summed E-state index contributed by atoms with van der Waals surface area (Å²) in [4.78, 5) is 15.7. The number of pyridine rings is 1. The summed E-state index contributed by atoms with van der Waals surface area (Å²) in [6, 6.07) is 3.89. The molecule has 2 N–H and O–H groups in total. The van der Waals surface area contributed by atoms with E-state index in [2.05, 4.69) is 20.7 Å². The first-order chi connectivity index (χ1) is 8.70. The molecule has 0 aromatic carbocycles. The zero-order valence-corrected chi connectivity index (χ0v) is 10.6. The minimum atomic E-state index is -0.0487. The van der Waals surface area contributed by atoms with Crippen LogP contribution in [0.3, 0.4) is 0 Å². The molecule has 0 saturated carbocycles. The van der Waals surface area contributed by atoms with Crippen molar-refractivity contribution in [3.05, 3.63) is 23.9 Å². The summed E-state index contributed by atoms with van der Waals surface area (Å²) in [5, 5.41) is 9.94. The molecule has 0 aliphatic rings. The van der Waals surface area contributed by atoms with Crippen molar-refractivity contribution in [1.82, 2.24) is 19.9 Å². The predicted octanol–water partition coefficient (Wildman–Crippen LogP) is 0.976. The van der Waals surface area contributed by atoms with E-state index in [9.17, 15) is 4.79 Å². The largest absolute Gasteiger partial charge is 0.355 e. The Hall–Kier alpha value is -2.11. The van der Waals surface area contributed by atoms with Crippen molar-refractivity contribution in [1.29, 1.82) is 0 Å². The van der Waals surface area contributed by atoms with Gasteiger partial charge in [0.1, 0.15) is 0 Å². The second-order valence-corrected chi connectivity index (χ2v) is 4.10. The third-order valence-electron chi connectivity index (χ3n) is 2.54. The Morgan fingerprint density at radius 1 is 1.50 bits per heavy atom. The lowest BCUT2D eigenvalue weighted by molar-refractivity contribution is -0.119. The fourth-order valence-electron chi connectivity index (χ4n) is 1.60.